The summed E-state index contributed by atoms with van der Waals surface area (Å²) in [5, 5.41) is 16.4. The number of carbonyl (C=O) groups excluding carboxylic acids is 1. The van der Waals surface area contributed by atoms with E-state index in [4.69, 9.17) is 0 Å². The number of aliphatic hydroxyl groups is 1. The number of carbonyl (C=O) groups is 1. The second-order valence-electron chi connectivity index (χ2n) is 10.7. The van der Waals surface area contributed by atoms with Gasteiger partial charge in [0.05, 0.1) is 17.5 Å². The summed E-state index contributed by atoms with van der Waals surface area (Å²) in [5.74, 6) is 0.267. The maximum Gasteiger partial charge on any atom is 0.262 e. The minimum atomic E-state index is -1.06. The van der Waals surface area contributed by atoms with Gasteiger partial charge < -0.3 is 15.3 Å². The first-order valence-corrected chi connectivity index (χ1v) is 14.1. The summed E-state index contributed by atoms with van der Waals surface area (Å²) < 4.78 is 3.45. The van der Waals surface area contributed by atoms with Crippen LogP contribution in [0.15, 0.2) is 65.8 Å². The summed E-state index contributed by atoms with van der Waals surface area (Å²) in [4.78, 5) is 34.5. The van der Waals surface area contributed by atoms with Crippen LogP contribution in [0.2, 0.25) is 0 Å². The summed E-state index contributed by atoms with van der Waals surface area (Å²) in [6.07, 6.45) is 5.08. The van der Waals surface area contributed by atoms with E-state index in [-0.39, 0.29) is 29.8 Å². The second-order valence-corrected chi connectivity index (χ2v) is 11.9. The molecule has 0 saturated carbocycles. The topological polar surface area (TPSA) is 92.4 Å². The molecule has 2 N–H and O–H groups in total. The Hall–Kier alpha value is -3.27. The number of nitrogens with one attached hydrogen (secondary N) is 1. The molecule has 9 heteroatoms. The highest BCUT2D eigenvalue weighted by Crippen LogP contribution is 2.33. The van der Waals surface area contributed by atoms with Crippen LogP contribution in [0.5, 0.6) is 0 Å². The number of hydrogen-bond acceptors (Lipinski definition) is 6. The smallest absolute Gasteiger partial charge is 0.262 e. The highest BCUT2D eigenvalue weighted by molar-refractivity contribution is 7.14. The number of benzene rings is 1. The standard InChI is InChI=1S/C29H33N5O3S/c1-20-7-8-25(38-20)34-14-10-23-26(34)31-19-33(28(23)36)18-29(37)11-15-32(16-12-29)27(35)22-9-13-30-17-24(22)21-5-3-2-4-6-21/h2-8,10,14,19,22,24,30,37H,9,11-13,15-18H2,1H3/t22-,24+/m1/s1. The molecule has 5 heterocycles. The molecule has 0 unspecified atom stereocenters. The Morgan fingerprint density at radius 2 is 1.95 bits per heavy atom. The number of likely N-dealkylation sites (tertiary alicyclic amines) is 1. The van der Waals surface area contributed by atoms with Gasteiger partial charge in [0, 0.05) is 42.5 Å². The lowest BCUT2D eigenvalue weighted by Crippen LogP contribution is -2.52. The molecule has 6 rings (SSSR count). The molecule has 2 fully saturated rings. The number of aryl methyl sites for hydroxylation is 1. The quantitative estimate of drug-likeness (QED) is 0.412. The molecule has 2 atom stereocenters. The maximum absolute atomic E-state index is 13.6. The monoisotopic (exact) mass is 531 g/mol. The summed E-state index contributed by atoms with van der Waals surface area (Å²) in [6.45, 7) is 4.82. The van der Waals surface area contributed by atoms with Gasteiger partial charge in [-0.1, -0.05) is 30.3 Å². The van der Waals surface area contributed by atoms with Gasteiger partial charge in [-0.05, 0) is 56.5 Å². The number of piperidine rings is 2. The number of fused-ring (bicyclic) bond motifs is 1. The molecular formula is C29H33N5O3S. The highest BCUT2D eigenvalue weighted by atomic mass is 32.1. The van der Waals surface area contributed by atoms with Crippen LogP contribution in [-0.4, -0.2) is 61.8 Å². The lowest BCUT2D eigenvalue weighted by atomic mass is 9.80. The van der Waals surface area contributed by atoms with Gasteiger partial charge in [-0.25, -0.2) is 4.98 Å². The van der Waals surface area contributed by atoms with Gasteiger partial charge in [0.25, 0.3) is 5.56 Å². The third-order valence-corrected chi connectivity index (χ3v) is 9.13. The molecule has 3 aromatic heterocycles. The van der Waals surface area contributed by atoms with Crippen LogP contribution in [0.3, 0.4) is 0 Å². The first-order chi connectivity index (χ1) is 18.4. The number of amides is 1. The molecular weight excluding hydrogens is 498 g/mol. The van der Waals surface area contributed by atoms with E-state index < -0.39 is 5.60 Å². The van der Waals surface area contributed by atoms with Gasteiger partial charge in [0.2, 0.25) is 5.91 Å². The predicted octanol–water partition coefficient (Wildman–Crippen LogP) is 3.30. The first kappa shape index (κ1) is 25.0. The first-order valence-electron chi connectivity index (χ1n) is 13.3. The lowest BCUT2D eigenvalue weighted by molar-refractivity contribution is -0.141. The zero-order chi connectivity index (χ0) is 26.3. The average molecular weight is 532 g/mol. The number of aromatic nitrogens is 3. The molecule has 0 bridgehead atoms. The zero-order valence-corrected chi connectivity index (χ0v) is 22.4. The van der Waals surface area contributed by atoms with E-state index >= 15 is 0 Å². The normalized spacial score (nSPS) is 21.6. The van der Waals surface area contributed by atoms with Gasteiger partial charge in [-0.2, -0.15) is 0 Å². The number of hydrogen-bond donors (Lipinski definition) is 2. The van der Waals surface area contributed by atoms with Crippen molar-refractivity contribution >= 4 is 28.3 Å². The van der Waals surface area contributed by atoms with Crippen LogP contribution >= 0.6 is 11.3 Å². The minimum Gasteiger partial charge on any atom is -0.388 e. The van der Waals surface area contributed by atoms with Crippen LogP contribution < -0.4 is 10.9 Å². The Kier molecular flexibility index (Phi) is 6.67. The largest absolute Gasteiger partial charge is 0.388 e. The molecule has 2 aliphatic heterocycles. The summed E-state index contributed by atoms with van der Waals surface area (Å²) in [7, 11) is 0. The SMILES string of the molecule is Cc1ccc(-n2ccc3c(=O)n(CC4(O)CCN(C(=O)[C@@H]5CCNC[C@H]5c5ccccc5)CC4)cnc32)s1. The molecule has 8 nitrogen and oxygen atoms in total. The van der Waals surface area contributed by atoms with Crippen molar-refractivity contribution in [3.63, 3.8) is 0 Å². The molecule has 1 aromatic carbocycles. The Morgan fingerprint density at radius 3 is 2.68 bits per heavy atom. The fourth-order valence-electron chi connectivity index (χ4n) is 5.95. The summed E-state index contributed by atoms with van der Waals surface area (Å²) in [5.41, 5.74) is 0.595. The summed E-state index contributed by atoms with van der Waals surface area (Å²) in [6, 6.07) is 16.1. The third kappa shape index (κ3) is 4.70. The molecule has 198 valence electrons. The van der Waals surface area contributed by atoms with E-state index in [1.807, 2.05) is 52.9 Å². The number of nitrogens with zero attached hydrogens (tertiary/aromatic N) is 4. The van der Waals surface area contributed by atoms with Crippen LogP contribution in [0.25, 0.3) is 16.0 Å². The van der Waals surface area contributed by atoms with Crippen molar-refractivity contribution < 1.29 is 9.90 Å². The molecule has 1 amide bonds. The molecule has 38 heavy (non-hydrogen) atoms. The average Bonchev–Trinajstić information content (AvgIpc) is 3.57. The zero-order valence-electron chi connectivity index (χ0n) is 21.5. The van der Waals surface area contributed by atoms with Crippen LogP contribution in [-0.2, 0) is 11.3 Å². The van der Waals surface area contributed by atoms with Crippen molar-refractivity contribution in [2.75, 3.05) is 26.2 Å². The van der Waals surface area contributed by atoms with Crippen molar-refractivity contribution in [1.82, 2.24) is 24.3 Å². The fraction of sp³-hybridized carbons (Fsp3) is 0.414. The van der Waals surface area contributed by atoms with Crippen molar-refractivity contribution in [3.8, 4) is 5.00 Å². The van der Waals surface area contributed by atoms with Gasteiger partial charge in [-0.15, -0.1) is 11.3 Å². The molecule has 2 aliphatic rings. The summed E-state index contributed by atoms with van der Waals surface area (Å²) >= 11 is 1.65. The third-order valence-electron chi connectivity index (χ3n) is 8.13. The van der Waals surface area contributed by atoms with E-state index in [1.54, 1.807) is 17.4 Å². The van der Waals surface area contributed by atoms with Crippen LogP contribution in [0.1, 0.15) is 35.6 Å². The van der Waals surface area contributed by atoms with Gasteiger partial charge in [0.1, 0.15) is 11.3 Å². The Morgan fingerprint density at radius 1 is 1.16 bits per heavy atom. The Bertz CT molecular complexity index is 1500. The highest BCUT2D eigenvalue weighted by Gasteiger charge is 2.39. The predicted molar refractivity (Wildman–Crippen MR) is 149 cm³/mol. The van der Waals surface area contributed by atoms with Gasteiger partial charge in [-0.3, -0.25) is 18.7 Å². The Labute approximate surface area is 225 Å². The Balaban J connectivity index is 1.15. The van der Waals surface area contributed by atoms with Gasteiger partial charge in [0.15, 0.2) is 5.65 Å². The van der Waals surface area contributed by atoms with Gasteiger partial charge >= 0.3 is 0 Å². The second kappa shape index (κ2) is 10.1. The molecule has 0 aliphatic carbocycles. The van der Waals surface area contributed by atoms with E-state index in [1.165, 1.54) is 21.3 Å². The molecule has 2 saturated heterocycles. The van der Waals surface area contributed by atoms with E-state index in [9.17, 15) is 14.7 Å². The van der Waals surface area contributed by atoms with E-state index in [0.717, 1.165) is 24.5 Å². The van der Waals surface area contributed by atoms with E-state index in [0.29, 0.717) is 37.0 Å². The minimum absolute atomic E-state index is 0.0600. The van der Waals surface area contributed by atoms with Crippen molar-refractivity contribution in [2.45, 2.75) is 44.2 Å². The van der Waals surface area contributed by atoms with Crippen molar-refractivity contribution in [2.24, 2.45) is 5.92 Å². The molecule has 0 radical (unpaired) electrons. The number of thiophene rings is 1. The van der Waals surface area contributed by atoms with E-state index in [2.05, 4.69) is 22.4 Å². The fourth-order valence-corrected chi connectivity index (χ4v) is 6.80. The van der Waals surface area contributed by atoms with Crippen molar-refractivity contribution in [3.05, 3.63) is 81.8 Å². The van der Waals surface area contributed by atoms with Crippen LogP contribution in [0.4, 0.5) is 0 Å². The maximum atomic E-state index is 13.6. The van der Waals surface area contributed by atoms with Crippen molar-refractivity contribution in [1.29, 1.82) is 0 Å². The molecule has 4 aromatic rings. The molecule has 0 spiro atoms. The van der Waals surface area contributed by atoms with Crippen LogP contribution in [0, 0.1) is 12.8 Å². The lowest BCUT2D eigenvalue weighted by Gasteiger charge is -2.41. The number of rotatable bonds is 5.